The molecule has 0 radical (unpaired) electrons. The lowest BCUT2D eigenvalue weighted by atomic mass is 9.63. The first kappa shape index (κ1) is 45.4. The van der Waals surface area contributed by atoms with Gasteiger partial charge in [0, 0.05) is 69.9 Å². The van der Waals surface area contributed by atoms with Crippen LogP contribution in [0.3, 0.4) is 0 Å². The number of nitro groups is 1. The van der Waals surface area contributed by atoms with Crippen LogP contribution in [-0.4, -0.2) is 86.8 Å². The molecule has 344 valence electrons. The van der Waals surface area contributed by atoms with Crippen LogP contribution in [0.15, 0.2) is 76.5 Å². The van der Waals surface area contributed by atoms with Gasteiger partial charge < -0.3 is 21.3 Å². The Morgan fingerprint density at radius 3 is 2.50 bits per heavy atom. The number of rotatable bonds is 13. The summed E-state index contributed by atoms with van der Waals surface area (Å²) >= 11 is 0. The van der Waals surface area contributed by atoms with Crippen LogP contribution in [0.1, 0.15) is 102 Å². The first-order valence-corrected chi connectivity index (χ1v) is 24.5. The highest BCUT2D eigenvalue weighted by Gasteiger charge is 2.37. The fraction of sp³-hybridized carbons (Fsp3) is 0.521. The van der Waals surface area contributed by atoms with Crippen LogP contribution in [0.25, 0.3) is 11.8 Å². The fourth-order valence-electron chi connectivity index (χ4n) is 10.1. The van der Waals surface area contributed by atoms with E-state index in [1.54, 1.807) is 28.1 Å². The molecule has 3 fully saturated rings. The molecule has 0 bridgehead atoms. The van der Waals surface area contributed by atoms with E-state index in [0.29, 0.717) is 35.3 Å². The maximum atomic E-state index is 14.4. The minimum Gasteiger partial charge on any atom is -0.396 e. The van der Waals surface area contributed by atoms with Gasteiger partial charge in [-0.05, 0) is 135 Å². The Labute approximate surface area is 375 Å². The molecule has 5 aliphatic rings. The van der Waals surface area contributed by atoms with Gasteiger partial charge >= 0.3 is 0 Å². The highest BCUT2D eigenvalue weighted by Crippen LogP contribution is 2.49. The highest BCUT2D eigenvalue weighted by atomic mass is 32.2. The van der Waals surface area contributed by atoms with Crippen molar-refractivity contribution in [2.24, 2.45) is 23.2 Å². The number of nitrogens with one attached hydrogen (secondary N) is 3. The maximum absolute atomic E-state index is 14.4. The average molecular weight is 900 g/mol. The van der Waals surface area contributed by atoms with E-state index in [1.807, 2.05) is 37.4 Å². The minimum absolute atomic E-state index is 0.0270. The summed E-state index contributed by atoms with van der Waals surface area (Å²) in [6.07, 6.45) is 13.7. The molecule has 3 heterocycles. The van der Waals surface area contributed by atoms with Gasteiger partial charge in [0.05, 0.1) is 48.4 Å². The number of aromatic nitrogens is 2. The van der Waals surface area contributed by atoms with Crippen LogP contribution < -0.4 is 26.0 Å². The van der Waals surface area contributed by atoms with Crippen LogP contribution in [0, 0.1) is 33.3 Å². The summed E-state index contributed by atoms with van der Waals surface area (Å²) in [6, 6.07) is 9.49. The molecular formula is C48H63F2N9O4S. The first-order chi connectivity index (χ1) is 30.3. The van der Waals surface area contributed by atoms with E-state index in [1.165, 1.54) is 44.2 Å². The smallest absolute Gasteiger partial charge is 0.293 e. The lowest BCUT2D eigenvalue weighted by Crippen LogP contribution is -2.47. The third kappa shape index (κ3) is 10.0. The SMILES string of the molecule is C=S(=O)(NC(=O)c1ccc(N2CCN(CC3=C(C4CC(C)C4)CC(C)(C)CC3)CC2)cc1-n1ncc(N)c1/C=C1/C=CNC1C)c1ccc(NCC2CCC(F)(F)CC2)c([N+](=O)[O-])c1. The quantitative estimate of drug-likeness (QED) is 0.0566. The molecule has 8 rings (SSSR count). The van der Waals surface area contributed by atoms with Gasteiger partial charge in [-0.2, -0.15) is 5.10 Å². The average Bonchev–Trinajstić information content (AvgIpc) is 3.82. The van der Waals surface area contributed by atoms with E-state index in [9.17, 15) is 27.9 Å². The van der Waals surface area contributed by atoms with Gasteiger partial charge in [0.1, 0.15) is 5.69 Å². The van der Waals surface area contributed by atoms with E-state index >= 15 is 0 Å². The van der Waals surface area contributed by atoms with Crippen molar-refractivity contribution in [3.8, 4) is 5.69 Å². The number of piperazine rings is 1. The van der Waals surface area contributed by atoms with Crippen LogP contribution in [0.5, 0.6) is 0 Å². The Bertz CT molecular complexity index is 2470. The Morgan fingerprint density at radius 2 is 1.83 bits per heavy atom. The van der Waals surface area contributed by atoms with Crippen molar-refractivity contribution in [2.75, 3.05) is 55.2 Å². The van der Waals surface area contributed by atoms with Crippen molar-refractivity contribution >= 4 is 50.3 Å². The molecule has 0 spiro atoms. The van der Waals surface area contributed by atoms with Crippen molar-refractivity contribution < 1.29 is 22.7 Å². The summed E-state index contributed by atoms with van der Waals surface area (Å²) in [5, 5.41) is 23.2. The number of amides is 1. The normalized spacial score (nSPS) is 25.1. The molecule has 2 unspecified atom stereocenters. The number of nitrogens with zero attached hydrogens (tertiary/aromatic N) is 5. The van der Waals surface area contributed by atoms with Crippen LogP contribution >= 0.6 is 0 Å². The summed E-state index contributed by atoms with van der Waals surface area (Å²) in [5.74, 6) is 1.93. The van der Waals surface area contributed by atoms with Gasteiger partial charge in [-0.1, -0.05) is 31.9 Å². The van der Waals surface area contributed by atoms with Gasteiger partial charge in [0.2, 0.25) is 5.92 Å². The monoisotopic (exact) mass is 899 g/mol. The van der Waals surface area contributed by atoms with Crippen molar-refractivity contribution in [3.05, 3.63) is 93.0 Å². The molecule has 16 heteroatoms. The van der Waals surface area contributed by atoms with Crippen molar-refractivity contribution in [3.63, 3.8) is 0 Å². The number of alkyl halides is 2. The molecule has 2 aromatic carbocycles. The second-order valence-corrected chi connectivity index (χ2v) is 21.7. The zero-order chi connectivity index (χ0) is 45.6. The lowest BCUT2D eigenvalue weighted by molar-refractivity contribution is -0.384. The van der Waals surface area contributed by atoms with Crippen molar-refractivity contribution in [1.82, 2.24) is 24.7 Å². The molecule has 3 aliphatic carbocycles. The van der Waals surface area contributed by atoms with E-state index in [4.69, 9.17) is 5.73 Å². The summed E-state index contributed by atoms with van der Waals surface area (Å²) in [5.41, 5.74) is 13.5. The second-order valence-electron chi connectivity index (χ2n) is 19.7. The number of carbonyl (C=O) groups excluding carboxylic acids is 1. The number of hydrogen-bond acceptors (Lipinski definition) is 10. The minimum atomic E-state index is -3.64. The number of nitrogens with two attached hydrogens (primary N) is 1. The number of nitro benzene ring substituents is 1. The molecular weight excluding hydrogens is 837 g/mol. The number of carbonyl (C=O) groups is 1. The zero-order valence-electron chi connectivity index (χ0n) is 37.5. The molecule has 2 atom stereocenters. The Kier molecular flexibility index (Phi) is 12.7. The molecule has 2 aliphatic heterocycles. The predicted octanol–water partition coefficient (Wildman–Crippen LogP) is 8.58. The number of allylic oxidation sites excluding steroid dienone is 1. The highest BCUT2D eigenvalue weighted by molar-refractivity contribution is 7.99. The third-order valence-corrected chi connectivity index (χ3v) is 15.7. The van der Waals surface area contributed by atoms with E-state index in [2.05, 4.69) is 56.9 Å². The third-order valence-electron chi connectivity index (χ3n) is 14.2. The fourth-order valence-corrected chi connectivity index (χ4v) is 11.2. The number of halogens is 2. The Balaban J connectivity index is 1.03. The van der Waals surface area contributed by atoms with Crippen LogP contribution in [0.4, 0.5) is 31.5 Å². The largest absolute Gasteiger partial charge is 0.396 e. The molecule has 2 saturated carbocycles. The number of nitrogen functional groups attached to an aromatic ring is 1. The number of benzene rings is 2. The Morgan fingerprint density at radius 1 is 1.09 bits per heavy atom. The van der Waals surface area contributed by atoms with E-state index in [0.717, 1.165) is 61.9 Å². The van der Waals surface area contributed by atoms with Gasteiger partial charge in [-0.25, -0.2) is 17.7 Å². The van der Waals surface area contributed by atoms with Crippen molar-refractivity contribution in [2.45, 2.75) is 102 Å². The molecule has 64 heavy (non-hydrogen) atoms. The first-order valence-electron chi connectivity index (χ1n) is 22.7. The summed E-state index contributed by atoms with van der Waals surface area (Å²) in [7, 11) is -3.64. The van der Waals surface area contributed by atoms with Gasteiger partial charge in [0.25, 0.3) is 11.6 Å². The van der Waals surface area contributed by atoms with Gasteiger partial charge in [0.15, 0.2) is 0 Å². The topological polar surface area (TPSA) is 164 Å². The van der Waals surface area contributed by atoms with Crippen LogP contribution in [0.2, 0.25) is 0 Å². The number of hydrogen-bond donors (Lipinski definition) is 4. The van der Waals surface area contributed by atoms with Gasteiger partial charge in [-0.3, -0.25) is 24.5 Å². The van der Waals surface area contributed by atoms with E-state index < -0.39 is 26.5 Å². The second kappa shape index (κ2) is 18.0. The van der Waals surface area contributed by atoms with Crippen LogP contribution in [-0.2, 0) is 9.71 Å². The summed E-state index contributed by atoms with van der Waals surface area (Å²) in [6.45, 7) is 13.9. The summed E-state index contributed by atoms with van der Waals surface area (Å²) in [4.78, 5) is 30.8. The standard InChI is InChI=1S/C48H63F2N9O4S/c1-31-22-36(23-31)40-27-47(3,4)14-12-35(40)30-56-18-20-57(21-19-56)37-6-8-39(43(25-37)58-44(41(51)29-54-58)24-34-13-17-52-32(34)2)46(60)55-64(5,63)38-7-9-42(45(26-38)59(61)62)53-28-33-10-15-48(49,50)16-11-33/h6-9,13,17,24-26,29,31-33,36,52-53H,5,10-12,14-16,18-23,27-28,30,51H2,1-4H3,(H,55,60,63)/b34-24-. The summed E-state index contributed by atoms with van der Waals surface area (Å²) < 4.78 is 45.9. The molecule has 5 N–H and O–H groups in total. The Hall–Kier alpha value is -5.22. The maximum Gasteiger partial charge on any atom is 0.293 e. The van der Waals surface area contributed by atoms with Crippen molar-refractivity contribution in [1.29, 1.82) is 0 Å². The molecule has 3 aromatic rings. The number of anilines is 3. The predicted molar refractivity (Wildman–Crippen MR) is 252 cm³/mol. The van der Waals surface area contributed by atoms with Gasteiger partial charge in [-0.15, -0.1) is 0 Å². The lowest BCUT2D eigenvalue weighted by Gasteiger charge is -2.44. The molecule has 13 nitrogen and oxygen atoms in total. The zero-order valence-corrected chi connectivity index (χ0v) is 38.3. The molecule has 1 saturated heterocycles. The molecule has 1 aromatic heterocycles. The molecule has 1 amide bonds. The van der Waals surface area contributed by atoms with E-state index in [-0.39, 0.29) is 53.2 Å².